The first kappa shape index (κ1) is 12.2. The van der Waals surface area contributed by atoms with Crippen LogP contribution in [0.25, 0.3) is 10.6 Å². The Morgan fingerprint density at radius 2 is 2.29 bits per heavy atom. The second-order valence-electron chi connectivity index (χ2n) is 3.39. The topological polar surface area (TPSA) is 63.1 Å². The second kappa shape index (κ2) is 5.37. The van der Waals surface area contributed by atoms with Crippen molar-refractivity contribution in [2.45, 2.75) is 12.8 Å². The lowest BCUT2D eigenvalue weighted by Gasteiger charge is -2.04. The minimum atomic E-state index is -0.813. The van der Waals surface area contributed by atoms with Gasteiger partial charge in [-0.15, -0.1) is 11.3 Å². The van der Waals surface area contributed by atoms with Gasteiger partial charge in [0.15, 0.2) is 0 Å². The Balaban J connectivity index is 2.30. The molecule has 0 aliphatic rings. The van der Waals surface area contributed by atoms with E-state index in [-0.39, 0.29) is 6.42 Å². The second-order valence-corrected chi connectivity index (χ2v) is 5.86. The third-order valence-corrected chi connectivity index (χ3v) is 3.83. The van der Waals surface area contributed by atoms with Gasteiger partial charge in [-0.25, -0.2) is 9.97 Å². The largest absolute Gasteiger partial charge is 0.481 e. The summed E-state index contributed by atoms with van der Waals surface area (Å²) in [7, 11) is 0. The number of carboxylic acids is 1. The van der Waals surface area contributed by atoms with Gasteiger partial charge < -0.3 is 5.11 Å². The van der Waals surface area contributed by atoms with Gasteiger partial charge in [0.25, 0.3) is 0 Å². The molecule has 2 aromatic heterocycles. The summed E-state index contributed by atoms with van der Waals surface area (Å²) in [4.78, 5) is 19.8. The SMILES string of the molecule is O=C(O)CCc1cncnc1-c1ccc(Br)s1. The maximum absolute atomic E-state index is 10.6. The zero-order chi connectivity index (χ0) is 12.3. The molecule has 0 atom stereocenters. The van der Waals surface area contributed by atoms with Crippen molar-refractivity contribution in [3.05, 3.63) is 34.0 Å². The monoisotopic (exact) mass is 312 g/mol. The zero-order valence-electron chi connectivity index (χ0n) is 8.76. The zero-order valence-corrected chi connectivity index (χ0v) is 11.2. The number of carboxylic acid groups (broad SMARTS) is 1. The number of thiophene rings is 1. The van der Waals surface area contributed by atoms with Gasteiger partial charge in [0.05, 0.1) is 14.4 Å². The van der Waals surface area contributed by atoms with Crippen molar-refractivity contribution in [3.63, 3.8) is 0 Å². The highest BCUT2D eigenvalue weighted by atomic mass is 79.9. The molecule has 0 aliphatic carbocycles. The van der Waals surface area contributed by atoms with Crippen LogP contribution in [0.15, 0.2) is 28.4 Å². The summed E-state index contributed by atoms with van der Waals surface area (Å²) in [5.74, 6) is -0.813. The lowest BCUT2D eigenvalue weighted by molar-refractivity contribution is -0.136. The lowest BCUT2D eigenvalue weighted by atomic mass is 10.1. The smallest absolute Gasteiger partial charge is 0.303 e. The maximum Gasteiger partial charge on any atom is 0.303 e. The summed E-state index contributed by atoms with van der Waals surface area (Å²) < 4.78 is 1.02. The van der Waals surface area contributed by atoms with Gasteiger partial charge in [-0.2, -0.15) is 0 Å². The number of aromatic nitrogens is 2. The van der Waals surface area contributed by atoms with E-state index >= 15 is 0 Å². The first-order valence-electron chi connectivity index (χ1n) is 4.93. The van der Waals surface area contributed by atoms with Gasteiger partial charge in [0, 0.05) is 12.6 Å². The average Bonchev–Trinajstić information content (AvgIpc) is 2.73. The Hall–Kier alpha value is -1.27. The van der Waals surface area contributed by atoms with Gasteiger partial charge in [-0.3, -0.25) is 4.79 Å². The predicted molar refractivity (Wildman–Crippen MR) is 69.0 cm³/mol. The minimum absolute atomic E-state index is 0.0902. The van der Waals surface area contributed by atoms with Crippen molar-refractivity contribution >= 4 is 33.2 Å². The van der Waals surface area contributed by atoms with Crippen LogP contribution in [0.4, 0.5) is 0 Å². The van der Waals surface area contributed by atoms with Crippen molar-refractivity contribution in [2.75, 3.05) is 0 Å². The molecule has 0 amide bonds. The Bertz CT molecular complexity index is 542. The predicted octanol–water partition coefficient (Wildman–Crippen LogP) is 2.98. The molecule has 0 bridgehead atoms. The van der Waals surface area contributed by atoms with E-state index in [1.54, 1.807) is 17.5 Å². The Morgan fingerprint density at radius 1 is 1.47 bits per heavy atom. The highest BCUT2D eigenvalue weighted by Crippen LogP contribution is 2.31. The summed E-state index contributed by atoms with van der Waals surface area (Å²) in [6.45, 7) is 0. The van der Waals surface area contributed by atoms with Crippen molar-refractivity contribution in [3.8, 4) is 10.6 Å². The molecule has 2 aromatic rings. The minimum Gasteiger partial charge on any atom is -0.481 e. The molecule has 1 N–H and O–H groups in total. The van der Waals surface area contributed by atoms with E-state index in [9.17, 15) is 4.79 Å². The number of rotatable bonds is 4. The van der Waals surface area contributed by atoms with Crippen molar-refractivity contribution in [1.82, 2.24) is 9.97 Å². The molecule has 4 nitrogen and oxygen atoms in total. The molecular formula is C11H9BrN2O2S. The number of aryl methyl sites for hydroxylation is 1. The van der Waals surface area contributed by atoms with Crippen LogP contribution in [0.3, 0.4) is 0 Å². The number of halogens is 1. The number of hydrogen-bond acceptors (Lipinski definition) is 4. The van der Waals surface area contributed by atoms with Crippen LogP contribution in [0.1, 0.15) is 12.0 Å². The number of aliphatic carboxylic acids is 1. The standard InChI is InChI=1S/C11H9BrN2O2S/c12-9-3-2-8(17-9)11-7(1-4-10(15)16)5-13-6-14-11/h2-3,5-6H,1,4H2,(H,15,16). The molecular weight excluding hydrogens is 304 g/mol. The molecule has 2 rings (SSSR count). The van der Waals surface area contributed by atoms with E-state index in [2.05, 4.69) is 25.9 Å². The summed E-state index contributed by atoms with van der Waals surface area (Å²) in [6, 6.07) is 3.91. The van der Waals surface area contributed by atoms with Crippen LogP contribution >= 0.6 is 27.3 Å². The molecule has 17 heavy (non-hydrogen) atoms. The Morgan fingerprint density at radius 3 is 2.94 bits per heavy atom. The molecule has 6 heteroatoms. The van der Waals surface area contributed by atoms with Crippen LogP contribution in [0, 0.1) is 0 Å². The fraction of sp³-hybridized carbons (Fsp3) is 0.182. The first-order valence-corrected chi connectivity index (χ1v) is 6.54. The van der Waals surface area contributed by atoms with E-state index < -0.39 is 5.97 Å². The third-order valence-electron chi connectivity index (χ3n) is 2.20. The summed E-state index contributed by atoms with van der Waals surface area (Å²) >= 11 is 4.97. The highest BCUT2D eigenvalue weighted by Gasteiger charge is 2.10. The fourth-order valence-electron chi connectivity index (χ4n) is 1.45. The van der Waals surface area contributed by atoms with Gasteiger partial charge >= 0.3 is 5.97 Å². The highest BCUT2D eigenvalue weighted by molar-refractivity contribution is 9.11. The summed E-state index contributed by atoms with van der Waals surface area (Å²) in [6.07, 6.45) is 3.69. The molecule has 0 aromatic carbocycles. The van der Waals surface area contributed by atoms with Crippen LogP contribution in [0.2, 0.25) is 0 Å². The first-order chi connectivity index (χ1) is 8.16. The molecule has 0 spiro atoms. The van der Waals surface area contributed by atoms with E-state index in [4.69, 9.17) is 5.11 Å². The normalized spacial score (nSPS) is 10.4. The van der Waals surface area contributed by atoms with Crippen molar-refractivity contribution < 1.29 is 9.90 Å². The molecule has 0 saturated carbocycles. The summed E-state index contributed by atoms with van der Waals surface area (Å²) in [5.41, 5.74) is 1.68. The number of hydrogen-bond donors (Lipinski definition) is 1. The average molecular weight is 313 g/mol. The van der Waals surface area contributed by atoms with Crippen LogP contribution < -0.4 is 0 Å². The van der Waals surface area contributed by atoms with E-state index in [0.29, 0.717) is 6.42 Å². The molecule has 2 heterocycles. The van der Waals surface area contributed by atoms with E-state index in [1.165, 1.54) is 6.33 Å². The number of nitrogens with zero attached hydrogens (tertiary/aromatic N) is 2. The van der Waals surface area contributed by atoms with Crippen molar-refractivity contribution in [2.24, 2.45) is 0 Å². The molecule has 88 valence electrons. The summed E-state index contributed by atoms with van der Waals surface area (Å²) in [5, 5.41) is 8.69. The molecule has 0 radical (unpaired) electrons. The van der Waals surface area contributed by atoms with E-state index in [0.717, 1.165) is 19.9 Å². The van der Waals surface area contributed by atoms with Gasteiger partial charge in [0.1, 0.15) is 6.33 Å². The van der Waals surface area contributed by atoms with E-state index in [1.807, 2.05) is 12.1 Å². The maximum atomic E-state index is 10.6. The quantitative estimate of drug-likeness (QED) is 0.942. The molecule has 0 fully saturated rings. The molecule has 0 saturated heterocycles. The van der Waals surface area contributed by atoms with Crippen molar-refractivity contribution in [1.29, 1.82) is 0 Å². The number of carbonyl (C=O) groups is 1. The van der Waals surface area contributed by atoms with Gasteiger partial charge in [-0.1, -0.05) is 0 Å². The Kier molecular flexibility index (Phi) is 3.86. The van der Waals surface area contributed by atoms with Gasteiger partial charge in [-0.05, 0) is 40.0 Å². The Labute approximate surface area is 110 Å². The van der Waals surface area contributed by atoms with Gasteiger partial charge in [0.2, 0.25) is 0 Å². The lowest BCUT2D eigenvalue weighted by Crippen LogP contribution is -2.00. The molecule has 0 unspecified atom stereocenters. The third kappa shape index (κ3) is 3.10. The van der Waals surface area contributed by atoms with Crippen LogP contribution in [-0.2, 0) is 11.2 Å². The van der Waals surface area contributed by atoms with Crippen LogP contribution in [-0.4, -0.2) is 21.0 Å². The molecule has 0 aliphatic heterocycles. The fourth-order valence-corrected chi connectivity index (χ4v) is 2.86. The van der Waals surface area contributed by atoms with Crippen LogP contribution in [0.5, 0.6) is 0 Å².